The van der Waals surface area contributed by atoms with Crippen LogP contribution in [0.5, 0.6) is 11.5 Å². The summed E-state index contributed by atoms with van der Waals surface area (Å²) in [6.07, 6.45) is 1.61. The van der Waals surface area contributed by atoms with Gasteiger partial charge in [0.05, 0.1) is 0 Å². The number of halogens is 2. The lowest BCUT2D eigenvalue weighted by atomic mass is 10.1. The Morgan fingerprint density at radius 2 is 2.04 bits per heavy atom. The third-order valence-electron chi connectivity index (χ3n) is 3.63. The van der Waals surface area contributed by atoms with Gasteiger partial charge < -0.3 is 14.4 Å². The summed E-state index contributed by atoms with van der Waals surface area (Å²) in [5.74, 6) is 0.561. The highest BCUT2D eigenvalue weighted by Crippen LogP contribution is 2.33. The molecule has 124 valence electrons. The van der Waals surface area contributed by atoms with Crippen molar-refractivity contribution in [2.45, 2.75) is 6.54 Å². The number of hydrogen-bond donors (Lipinski definition) is 0. The molecule has 0 unspecified atom stereocenters. The van der Waals surface area contributed by atoms with Gasteiger partial charge >= 0.3 is 0 Å². The Morgan fingerprint density at radius 3 is 2.83 bits per heavy atom. The van der Waals surface area contributed by atoms with E-state index in [1.807, 2.05) is 0 Å². The van der Waals surface area contributed by atoms with Gasteiger partial charge in [-0.3, -0.25) is 4.79 Å². The minimum Gasteiger partial charge on any atom is -0.454 e. The van der Waals surface area contributed by atoms with Crippen molar-refractivity contribution in [1.82, 2.24) is 4.90 Å². The Balaban J connectivity index is 1.86. The van der Waals surface area contributed by atoms with Gasteiger partial charge in [-0.15, -0.1) is 6.58 Å². The zero-order valence-electron chi connectivity index (χ0n) is 12.8. The van der Waals surface area contributed by atoms with Crippen LogP contribution in [-0.4, -0.2) is 24.1 Å². The molecule has 0 atom stereocenters. The summed E-state index contributed by atoms with van der Waals surface area (Å²) in [6, 6.07) is 9.66. The van der Waals surface area contributed by atoms with Gasteiger partial charge in [-0.1, -0.05) is 22.0 Å². The molecule has 0 aromatic heterocycles. The second-order valence-electron chi connectivity index (χ2n) is 5.28. The molecule has 0 radical (unpaired) electrons. The normalized spacial score (nSPS) is 12.1. The highest BCUT2D eigenvalue weighted by Gasteiger charge is 2.20. The van der Waals surface area contributed by atoms with Crippen LogP contribution in [0.2, 0.25) is 0 Å². The maximum atomic E-state index is 14.0. The zero-order chi connectivity index (χ0) is 17.1. The summed E-state index contributed by atoms with van der Waals surface area (Å²) in [7, 11) is 0. The Hall–Kier alpha value is -2.34. The first-order valence-electron chi connectivity index (χ1n) is 7.32. The highest BCUT2D eigenvalue weighted by atomic mass is 79.9. The third kappa shape index (κ3) is 3.43. The Labute approximate surface area is 147 Å². The van der Waals surface area contributed by atoms with E-state index >= 15 is 0 Å². The summed E-state index contributed by atoms with van der Waals surface area (Å²) in [6.45, 7) is 4.27. The van der Waals surface area contributed by atoms with E-state index in [9.17, 15) is 9.18 Å². The molecular weight excluding hydrogens is 377 g/mol. The van der Waals surface area contributed by atoms with Gasteiger partial charge in [0.25, 0.3) is 5.91 Å². The summed E-state index contributed by atoms with van der Waals surface area (Å²) in [5, 5.41) is 0. The summed E-state index contributed by atoms with van der Waals surface area (Å²) < 4.78 is 25.3. The molecule has 1 aliphatic heterocycles. The molecule has 0 saturated heterocycles. The molecule has 3 rings (SSSR count). The van der Waals surface area contributed by atoms with Crippen LogP contribution in [-0.2, 0) is 6.54 Å². The average Bonchev–Trinajstić information content (AvgIpc) is 3.04. The first-order valence-corrected chi connectivity index (χ1v) is 8.11. The highest BCUT2D eigenvalue weighted by molar-refractivity contribution is 9.10. The Kier molecular flexibility index (Phi) is 4.85. The smallest absolute Gasteiger partial charge is 0.254 e. The molecular formula is C18H15BrFNO3. The fourth-order valence-electron chi connectivity index (χ4n) is 2.46. The largest absolute Gasteiger partial charge is 0.454 e. The summed E-state index contributed by atoms with van der Waals surface area (Å²) in [5.41, 5.74) is 0.886. The first-order chi connectivity index (χ1) is 11.6. The molecule has 0 saturated carbocycles. The Bertz CT molecular complexity index is 794. The topological polar surface area (TPSA) is 38.8 Å². The lowest BCUT2D eigenvalue weighted by Crippen LogP contribution is -2.31. The molecule has 1 aliphatic rings. The predicted octanol–water partition coefficient (Wildman–Crippen LogP) is 4.15. The van der Waals surface area contributed by atoms with Gasteiger partial charge in [-0.05, 0) is 36.4 Å². The standard InChI is InChI=1S/C18H15BrFNO3/c1-2-7-21(10-13-8-14(19)4-5-15(13)20)18(22)12-3-6-16-17(9-12)24-11-23-16/h2-6,8-9H,1,7,10-11H2. The van der Waals surface area contributed by atoms with E-state index in [-0.39, 0.29) is 25.1 Å². The van der Waals surface area contributed by atoms with Gasteiger partial charge in [0.15, 0.2) is 11.5 Å². The van der Waals surface area contributed by atoms with Crippen LogP contribution in [0.4, 0.5) is 4.39 Å². The average molecular weight is 392 g/mol. The van der Waals surface area contributed by atoms with Gasteiger partial charge in [0, 0.05) is 28.7 Å². The molecule has 0 N–H and O–H groups in total. The number of benzene rings is 2. The predicted molar refractivity (Wildman–Crippen MR) is 91.6 cm³/mol. The number of rotatable bonds is 5. The SMILES string of the molecule is C=CCN(Cc1cc(Br)ccc1F)C(=O)c1ccc2c(c1)OCO2. The third-order valence-corrected chi connectivity index (χ3v) is 4.12. The number of ether oxygens (including phenoxy) is 2. The number of nitrogens with zero attached hydrogens (tertiary/aromatic N) is 1. The van der Waals surface area contributed by atoms with Gasteiger partial charge in [0.1, 0.15) is 5.82 Å². The van der Waals surface area contributed by atoms with Gasteiger partial charge in [-0.25, -0.2) is 4.39 Å². The van der Waals surface area contributed by atoms with Crippen LogP contribution in [0.15, 0.2) is 53.5 Å². The molecule has 2 aromatic rings. The maximum absolute atomic E-state index is 14.0. The molecule has 1 heterocycles. The maximum Gasteiger partial charge on any atom is 0.254 e. The number of carbonyl (C=O) groups is 1. The molecule has 4 nitrogen and oxygen atoms in total. The molecule has 0 spiro atoms. The second-order valence-corrected chi connectivity index (χ2v) is 6.19. The molecule has 0 fully saturated rings. The fraction of sp³-hybridized carbons (Fsp3) is 0.167. The van der Waals surface area contributed by atoms with Crippen LogP contribution in [0.3, 0.4) is 0 Å². The monoisotopic (exact) mass is 391 g/mol. The van der Waals surface area contributed by atoms with Crippen LogP contribution in [0.25, 0.3) is 0 Å². The van der Waals surface area contributed by atoms with Crippen molar-refractivity contribution in [3.05, 3.63) is 70.5 Å². The summed E-state index contributed by atoms with van der Waals surface area (Å²) >= 11 is 3.32. The van der Waals surface area contributed by atoms with Crippen molar-refractivity contribution < 1.29 is 18.7 Å². The molecule has 2 aromatic carbocycles. The van der Waals surface area contributed by atoms with Crippen LogP contribution >= 0.6 is 15.9 Å². The van der Waals surface area contributed by atoms with Crippen LogP contribution < -0.4 is 9.47 Å². The quantitative estimate of drug-likeness (QED) is 0.718. The van der Waals surface area contributed by atoms with Crippen LogP contribution in [0.1, 0.15) is 15.9 Å². The second kappa shape index (κ2) is 7.05. The molecule has 24 heavy (non-hydrogen) atoms. The zero-order valence-corrected chi connectivity index (χ0v) is 14.4. The van der Waals surface area contributed by atoms with E-state index in [4.69, 9.17) is 9.47 Å². The molecule has 0 aliphatic carbocycles. The minimum absolute atomic E-state index is 0.143. The van der Waals surface area contributed by atoms with Gasteiger partial charge in [0.2, 0.25) is 6.79 Å². The van der Waals surface area contributed by atoms with Crippen molar-refractivity contribution in [2.75, 3.05) is 13.3 Å². The van der Waals surface area contributed by atoms with Crippen molar-refractivity contribution in [2.24, 2.45) is 0 Å². The lowest BCUT2D eigenvalue weighted by Gasteiger charge is -2.22. The van der Waals surface area contributed by atoms with E-state index in [1.54, 1.807) is 36.4 Å². The lowest BCUT2D eigenvalue weighted by molar-refractivity contribution is 0.0761. The van der Waals surface area contributed by atoms with E-state index in [1.165, 1.54) is 11.0 Å². The van der Waals surface area contributed by atoms with Crippen molar-refractivity contribution in [3.8, 4) is 11.5 Å². The van der Waals surface area contributed by atoms with Gasteiger partial charge in [-0.2, -0.15) is 0 Å². The summed E-state index contributed by atoms with van der Waals surface area (Å²) in [4.78, 5) is 14.3. The van der Waals surface area contributed by atoms with Crippen molar-refractivity contribution >= 4 is 21.8 Å². The van der Waals surface area contributed by atoms with Crippen molar-refractivity contribution in [3.63, 3.8) is 0 Å². The first kappa shape index (κ1) is 16.5. The van der Waals surface area contributed by atoms with E-state index in [2.05, 4.69) is 22.5 Å². The fourth-order valence-corrected chi connectivity index (χ4v) is 2.87. The van der Waals surface area contributed by atoms with Crippen molar-refractivity contribution in [1.29, 1.82) is 0 Å². The minimum atomic E-state index is -0.356. The molecule has 0 bridgehead atoms. The molecule has 1 amide bonds. The molecule has 6 heteroatoms. The van der Waals surface area contributed by atoms with Crippen LogP contribution in [0, 0.1) is 5.82 Å². The number of amides is 1. The number of hydrogen-bond acceptors (Lipinski definition) is 3. The number of fused-ring (bicyclic) bond motifs is 1. The van der Waals surface area contributed by atoms with E-state index < -0.39 is 0 Å². The Morgan fingerprint density at radius 1 is 1.25 bits per heavy atom. The number of carbonyl (C=O) groups excluding carboxylic acids is 1. The van der Waals surface area contributed by atoms with E-state index in [0.717, 1.165) is 4.47 Å². The van der Waals surface area contributed by atoms with E-state index in [0.29, 0.717) is 29.2 Å².